The number of nitrogens with two attached hydrogens (primary N) is 1. The van der Waals surface area contributed by atoms with Crippen LogP contribution in [0.25, 0.3) is 11.3 Å². The maximum Gasteiger partial charge on any atom is 0.236 e. The second kappa shape index (κ2) is 9.13. The lowest BCUT2D eigenvalue weighted by Gasteiger charge is -2.17. The van der Waals surface area contributed by atoms with Crippen molar-refractivity contribution in [3.05, 3.63) is 66.2 Å². The molecule has 0 bridgehead atoms. The van der Waals surface area contributed by atoms with Gasteiger partial charge in [0.15, 0.2) is 21.3 Å². The Morgan fingerprint density at radius 2 is 1.74 bits per heavy atom. The molecule has 2 heterocycles. The molecule has 2 atom stereocenters. The lowest BCUT2D eigenvalue weighted by molar-refractivity contribution is -0.121. The standard InChI is InChI=1S/C28H27N3O6S/c29-26(32)20-3-1-5-24(20)38(34,35)19-10-7-17(8-11-19)21-4-2-6-25(30-21)31-27(33)28(13-14-28)18-9-12-22-23(15-18)37-16-36-22/h2,4,6-12,15,20,24H,1,3,5,13-14,16H2,(H2,29,32)(H,30,31,33)/t20-,24?/m1/s1. The third-order valence-electron chi connectivity index (χ3n) is 7.80. The van der Waals surface area contributed by atoms with Crippen LogP contribution in [0.3, 0.4) is 0 Å². The summed E-state index contributed by atoms with van der Waals surface area (Å²) in [4.78, 5) is 29.8. The van der Waals surface area contributed by atoms with Gasteiger partial charge >= 0.3 is 0 Å². The number of ether oxygens (including phenoxy) is 2. The zero-order valence-corrected chi connectivity index (χ0v) is 21.4. The lowest BCUT2D eigenvalue weighted by Crippen LogP contribution is -2.34. The molecule has 10 heteroatoms. The van der Waals surface area contributed by atoms with E-state index < -0.39 is 32.3 Å². The molecule has 0 saturated heterocycles. The van der Waals surface area contributed by atoms with E-state index in [2.05, 4.69) is 10.3 Å². The number of fused-ring (bicyclic) bond motifs is 1. The number of sulfone groups is 1. The molecule has 1 unspecified atom stereocenters. The van der Waals surface area contributed by atoms with E-state index in [1.165, 1.54) is 12.1 Å². The van der Waals surface area contributed by atoms with Crippen LogP contribution in [0.1, 0.15) is 37.7 Å². The second-order valence-electron chi connectivity index (χ2n) is 10.1. The van der Waals surface area contributed by atoms with E-state index in [0.29, 0.717) is 47.8 Å². The van der Waals surface area contributed by atoms with E-state index in [1.807, 2.05) is 18.2 Å². The highest BCUT2D eigenvalue weighted by Gasteiger charge is 2.52. The summed E-state index contributed by atoms with van der Waals surface area (Å²) in [6, 6.07) is 17.3. The molecule has 3 N–H and O–H groups in total. The molecule has 1 aliphatic heterocycles. The molecule has 6 rings (SSSR count). The normalized spacial score (nSPS) is 21.2. The van der Waals surface area contributed by atoms with Crippen molar-refractivity contribution < 1.29 is 27.5 Å². The van der Waals surface area contributed by atoms with Gasteiger partial charge in [-0.25, -0.2) is 13.4 Å². The Kier molecular flexibility index (Phi) is 5.86. The number of carbonyl (C=O) groups is 2. The first kappa shape index (κ1) is 24.4. The van der Waals surface area contributed by atoms with Crippen molar-refractivity contribution >= 4 is 27.5 Å². The first-order valence-electron chi connectivity index (χ1n) is 12.6. The Balaban J connectivity index is 1.19. The average Bonchev–Trinajstić information content (AvgIpc) is 3.33. The number of primary amides is 1. The smallest absolute Gasteiger partial charge is 0.236 e. The molecule has 2 fully saturated rings. The van der Waals surface area contributed by atoms with Crippen LogP contribution < -0.4 is 20.5 Å². The summed E-state index contributed by atoms with van der Waals surface area (Å²) in [6.07, 6.45) is 3.04. The molecule has 38 heavy (non-hydrogen) atoms. The number of carbonyl (C=O) groups excluding carboxylic acids is 2. The third-order valence-corrected chi connectivity index (χ3v) is 10.1. The zero-order valence-electron chi connectivity index (χ0n) is 20.6. The van der Waals surface area contributed by atoms with Crippen LogP contribution >= 0.6 is 0 Å². The molecular formula is C28H27N3O6S. The first-order valence-corrected chi connectivity index (χ1v) is 14.1. The summed E-state index contributed by atoms with van der Waals surface area (Å²) >= 11 is 0. The average molecular weight is 534 g/mol. The van der Waals surface area contributed by atoms with Gasteiger partial charge in [0.05, 0.1) is 27.2 Å². The minimum absolute atomic E-state index is 0.136. The predicted molar refractivity (Wildman–Crippen MR) is 139 cm³/mol. The van der Waals surface area contributed by atoms with E-state index in [9.17, 15) is 18.0 Å². The van der Waals surface area contributed by atoms with Gasteiger partial charge in [0.2, 0.25) is 18.6 Å². The Bertz CT molecular complexity index is 1530. The summed E-state index contributed by atoms with van der Waals surface area (Å²) in [6.45, 7) is 0.177. The van der Waals surface area contributed by atoms with Gasteiger partial charge in [0, 0.05) is 5.56 Å². The van der Waals surface area contributed by atoms with Crippen LogP contribution in [0.5, 0.6) is 11.5 Å². The Labute approximate surface area is 220 Å². The number of hydrogen-bond donors (Lipinski definition) is 2. The Morgan fingerprint density at radius 3 is 2.47 bits per heavy atom. The van der Waals surface area contributed by atoms with E-state index in [4.69, 9.17) is 15.2 Å². The first-order chi connectivity index (χ1) is 18.3. The van der Waals surface area contributed by atoms with Crippen LogP contribution in [0, 0.1) is 5.92 Å². The van der Waals surface area contributed by atoms with E-state index >= 15 is 0 Å². The van der Waals surface area contributed by atoms with Crippen molar-refractivity contribution in [2.75, 3.05) is 12.1 Å². The van der Waals surface area contributed by atoms with E-state index in [1.54, 1.807) is 30.3 Å². The highest BCUT2D eigenvalue weighted by atomic mass is 32.2. The number of rotatable bonds is 7. The molecule has 1 aromatic heterocycles. The molecule has 0 radical (unpaired) electrons. The minimum Gasteiger partial charge on any atom is -0.454 e. The van der Waals surface area contributed by atoms with Gasteiger partial charge in [0.1, 0.15) is 5.82 Å². The fourth-order valence-electron chi connectivity index (χ4n) is 5.48. The van der Waals surface area contributed by atoms with Gasteiger partial charge in [-0.2, -0.15) is 0 Å². The zero-order chi connectivity index (χ0) is 26.5. The van der Waals surface area contributed by atoms with Crippen LogP contribution in [-0.4, -0.2) is 37.3 Å². The van der Waals surface area contributed by atoms with Gasteiger partial charge in [-0.05, 0) is 67.6 Å². The van der Waals surface area contributed by atoms with Gasteiger partial charge in [-0.3, -0.25) is 9.59 Å². The van der Waals surface area contributed by atoms with Gasteiger partial charge in [-0.15, -0.1) is 0 Å². The van der Waals surface area contributed by atoms with Crippen molar-refractivity contribution in [2.45, 2.75) is 47.7 Å². The molecule has 2 aliphatic carbocycles. The van der Waals surface area contributed by atoms with Crippen molar-refractivity contribution in [1.29, 1.82) is 0 Å². The molecule has 2 saturated carbocycles. The topological polar surface area (TPSA) is 138 Å². The predicted octanol–water partition coefficient (Wildman–Crippen LogP) is 3.58. The molecule has 2 amide bonds. The SMILES string of the molecule is NC(=O)[C@@H]1CCCC1S(=O)(=O)c1ccc(-c2cccc(NC(=O)C3(c4ccc5c(c4)OCO5)CC3)n2)cc1. The summed E-state index contributed by atoms with van der Waals surface area (Å²) in [7, 11) is -3.69. The molecule has 0 spiro atoms. The van der Waals surface area contributed by atoms with Crippen LogP contribution in [-0.2, 0) is 24.8 Å². The van der Waals surface area contributed by atoms with Crippen LogP contribution in [0.15, 0.2) is 65.6 Å². The van der Waals surface area contributed by atoms with Crippen LogP contribution in [0.4, 0.5) is 5.82 Å². The third kappa shape index (κ3) is 4.18. The van der Waals surface area contributed by atoms with E-state index in [-0.39, 0.29) is 17.6 Å². The quantitative estimate of drug-likeness (QED) is 0.473. The summed E-state index contributed by atoms with van der Waals surface area (Å²) in [5.74, 6) is 0.366. The summed E-state index contributed by atoms with van der Waals surface area (Å²) in [5.41, 5.74) is 7.00. The highest BCUT2D eigenvalue weighted by Crippen LogP contribution is 2.51. The largest absolute Gasteiger partial charge is 0.454 e. The molecule has 3 aliphatic rings. The number of pyridine rings is 1. The maximum absolute atomic E-state index is 13.3. The number of hydrogen-bond acceptors (Lipinski definition) is 7. The maximum atomic E-state index is 13.3. The van der Waals surface area contributed by atoms with Gasteiger partial charge < -0.3 is 20.5 Å². The molecule has 196 valence electrons. The van der Waals surface area contributed by atoms with Crippen molar-refractivity contribution in [3.8, 4) is 22.8 Å². The second-order valence-corrected chi connectivity index (χ2v) is 12.2. The fourth-order valence-corrected chi connectivity index (χ4v) is 7.52. The number of nitrogens with zero attached hydrogens (tertiary/aromatic N) is 1. The molecule has 9 nitrogen and oxygen atoms in total. The Hall–Kier alpha value is -3.92. The van der Waals surface area contributed by atoms with Crippen molar-refractivity contribution in [1.82, 2.24) is 4.98 Å². The number of anilines is 1. The van der Waals surface area contributed by atoms with Crippen molar-refractivity contribution in [3.63, 3.8) is 0 Å². The molecular weight excluding hydrogens is 506 g/mol. The summed E-state index contributed by atoms with van der Waals surface area (Å²) < 4.78 is 37.2. The molecule has 2 aromatic carbocycles. The fraction of sp³-hybridized carbons (Fsp3) is 0.321. The minimum atomic E-state index is -3.69. The lowest BCUT2D eigenvalue weighted by atomic mass is 9.94. The molecule has 3 aromatic rings. The Morgan fingerprint density at radius 1 is 0.974 bits per heavy atom. The van der Waals surface area contributed by atoms with E-state index in [0.717, 1.165) is 18.4 Å². The van der Waals surface area contributed by atoms with Gasteiger partial charge in [0.25, 0.3) is 0 Å². The highest BCUT2D eigenvalue weighted by molar-refractivity contribution is 7.92. The number of benzene rings is 2. The van der Waals surface area contributed by atoms with Gasteiger partial charge in [-0.1, -0.05) is 30.7 Å². The van der Waals surface area contributed by atoms with Crippen molar-refractivity contribution in [2.24, 2.45) is 11.7 Å². The van der Waals surface area contributed by atoms with Crippen LogP contribution in [0.2, 0.25) is 0 Å². The number of amides is 2. The number of aromatic nitrogens is 1. The monoisotopic (exact) mass is 533 g/mol. The number of nitrogens with one attached hydrogen (secondary N) is 1. The summed E-state index contributed by atoms with van der Waals surface area (Å²) in [5, 5.41) is 2.16.